The number of hydrogen-bond acceptors (Lipinski definition) is 4. The summed E-state index contributed by atoms with van der Waals surface area (Å²) in [6, 6.07) is 5.04. The summed E-state index contributed by atoms with van der Waals surface area (Å²) >= 11 is 0. The Hall–Kier alpha value is -2.24. The molecule has 1 aromatic carbocycles. The largest absolute Gasteiger partial charge is 0.494 e. The minimum Gasteiger partial charge on any atom is -0.494 e. The first kappa shape index (κ1) is 13.2. The van der Waals surface area contributed by atoms with Crippen LogP contribution in [-0.4, -0.2) is 36.9 Å². The smallest absolute Gasteiger partial charge is 0.257 e. The Kier molecular flexibility index (Phi) is 3.59. The number of anilines is 1. The number of benzene rings is 1. The molecule has 0 radical (unpaired) electrons. The number of methoxy groups -OCH3 is 1. The van der Waals surface area contributed by atoms with Gasteiger partial charge in [0.1, 0.15) is 0 Å². The van der Waals surface area contributed by atoms with Gasteiger partial charge >= 0.3 is 0 Å². The molecule has 1 aromatic rings. The standard InChI is InChI=1S/C13H17N3O3/c1-19-11-9(3-2-4-10(11)14)13(18)16-6-5-8(7-16)12(15)17/h2-4,8H,5-7,14H2,1H3,(H2,15,17). The Morgan fingerprint density at radius 3 is 2.74 bits per heavy atom. The summed E-state index contributed by atoms with van der Waals surface area (Å²) < 4.78 is 5.17. The molecule has 1 saturated heterocycles. The molecule has 0 saturated carbocycles. The van der Waals surface area contributed by atoms with Gasteiger partial charge in [-0.2, -0.15) is 0 Å². The lowest BCUT2D eigenvalue weighted by molar-refractivity contribution is -0.121. The SMILES string of the molecule is COc1c(N)cccc1C(=O)N1CCC(C(N)=O)C1. The molecule has 6 heteroatoms. The molecule has 1 fully saturated rings. The van der Waals surface area contributed by atoms with Gasteiger partial charge in [-0.1, -0.05) is 6.07 Å². The monoisotopic (exact) mass is 263 g/mol. The summed E-state index contributed by atoms with van der Waals surface area (Å²) in [4.78, 5) is 25.1. The van der Waals surface area contributed by atoms with E-state index in [-0.39, 0.29) is 17.7 Å². The second kappa shape index (κ2) is 5.17. The number of para-hydroxylation sites is 1. The highest BCUT2D eigenvalue weighted by Gasteiger charge is 2.31. The molecule has 1 aliphatic rings. The first-order chi connectivity index (χ1) is 9.04. The van der Waals surface area contributed by atoms with Gasteiger partial charge in [-0.25, -0.2) is 0 Å². The van der Waals surface area contributed by atoms with E-state index in [0.29, 0.717) is 36.5 Å². The van der Waals surface area contributed by atoms with Gasteiger partial charge in [0.05, 0.1) is 24.3 Å². The summed E-state index contributed by atoms with van der Waals surface area (Å²) in [5, 5.41) is 0. The molecule has 0 spiro atoms. The average molecular weight is 263 g/mol. The van der Waals surface area contributed by atoms with Crippen molar-refractivity contribution in [3.05, 3.63) is 23.8 Å². The van der Waals surface area contributed by atoms with Crippen LogP contribution < -0.4 is 16.2 Å². The number of rotatable bonds is 3. The van der Waals surface area contributed by atoms with Crippen molar-refractivity contribution in [2.45, 2.75) is 6.42 Å². The third-order valence-electron chi connectivity index (χ3n) is 3.36. The van der Waals surface area contributed by atoms with E-state index in [9.17, 15) is 9.59 Å². The van der Waals surface area contributed by atoms with Gasteiger partial charge in [0, 0.05) is 13.1 Å². The predicted molar refractivity (Wildman–Crippen MR) is 70.6 cm³/mol. The van der Waals surface area contributed by atoms with Crippen molar-refractivity contribution in [2.24, 2.45) is 11.7 Å². The second-order valence-corrected chi connectivity index (χ2v) is 4.57. The molecule has 2 rings (SSSR count). The number of nitrogens with zero attached hydrogens (tertiary/aromatic N) is 1. The summed E-state index contributed by atoms with van der Waals surface area (Å²) in [5.41, 5.74) is 11.9. The van der Waals surface area contributed by atoms with E-state index in [1.807, 2.05) is 0 Å². The fraction of sp³-hybridized carbons (Fsp3) is 0.385. The summed E-state index contributed by atoms with van der Waals surface area (Å²) in [5.74, 6) is -0.450. The van der Waals surface area contributed by atoms with Crippen LogP contribution in [0, 0.1) is 5.92 Å². The zero-order chi connectivity index (χ0) is 14.0. The van der Waals surface area contributed by atoms with Gasteiger partial charge in [0.15, 0.2) is 5.75 Å². The first-order valence-electron chi connectivity index (χ1n) is 6.05. The van der Waals surface area contributed by atoms with Crippen molar-refractivity contribution in [2.75, 3.05) is 25.9 Å². The minimum absolute atomic E-state index is 0.187. The molecular weight excluding hydrogens is 246 g/mol. The maximum Gasteiger partial charge on any atom is 0.257 e. The number of carbonyl (C=O) groups is 2. The van der Waals surface area contributed by atoms with Gasteiger partial charge in [-0.3, -0.25) is 9.59 Å². The number of carbonyl (C=O) groups excluding carboxylic acids is 2. The molecule has 6 nitrogen and oxygen atoms in total. The van der Waals surface area contributed by atoms with E-state index in [1.165, 1.54) is 7.11 Å². The Bertz CT molecular complexity index is 516. The van der Waals surface area contributed by atoms with Crippen LogP contribution >= 0.6 is 0 Å². The van der Waals surface area contributed by atoms with E-state index < -0.39 is 0 Å². The molecule has 2 amide bonds. The molecule has 0 aromatic heterocycles. The Labute approximate surface area is 111 Å². The number of nitrogen functional groups attached to an aromatic ring is 1. The topological polar surface area (TPSA) is 98.7 Å². The highest BCUT2D eigenvalue weighted by molar-refractivity contribution is 5.99. The molecule has 4 N–H and O–H groups in total. The maximum atomic E-state index is 12.4. The van der Waals surface area contributed by atoms with Gasteiger partial charge < -0.3 is 21.1 Å². The summed E-state index contributed by atoms with van der Waals surface area (Å²) in [7, 11) is 1.47. The Morgan fingerprint density at radius 2 is 2.16 bits per heavy atom. The molecule has 1 atom stereocenters. The highest BCUT2D eigenvalue weighted by atomic mass is 16.5. The molecule has 1 unspecified atom stereocenters. The first-order valence-corrected chi connectivity index (χ1v) is 6.05. The van der Waals surface area contributed by atoms with Crippen LogP contribution in [0.4, 0.5) is 5.69 Å². The summed E-state index contributed by atoms with van der Waals surface area (Å²) in [6.07, 6.45) is 0.603. The zero-order valence-corrected chi connectivity index (χ0v) is 10.8. The van der Waals surface area contributed by atoms with Crippen LogP contribution in [0.1, 0.15) is 16.8 Å². The van der Waals surface area contributed by atoms with Crippen molar-refractivity contribution < 1.29 is 14.3 Å². The number of nitrogens with two attached hydrogens (primary N) is 2. The lowest BCUT2D eigenvalue weighted by Crippen LogP contribution is -2.32. The van der Waals surface area contributed by atoms with Crippen molar-refractivity contribution in [1.29, 1.82) is 0 Å². The number of ether oxygens (including phenoxy) is 1. The number of primary amides is 1. The van der Waals surface area contributed by atoms with Gasteiger partial charge in [0.25, 0.3) is 5.91 Å². The highest BCUT2D eigenvalue weighted by Crippen LogP contribution is 2.28. The molecule has 1 heterocycles. The van der Waals surface area contributed by atoms with E-state index in [1.54, 1.807) is 23.1 Å². The third-order valence-corrected chi connectivity index (χ3v) is 3.36. The van der Waals surface area contributed by atoms with Crippen LogP contribution in [0.15, 0.2) is 18.2 Å². The van der Waals surface area contributed by atoms with Crippen LogP contribution in [0.5, 0.6) is 5.75 Å². The van der Waals surface area contributed by atoms with Gasteiger partial charge in [0.2, 0.25) is 5.91 Å². The van der Waals surface area contributed by atoms with Crippen LogP contribution in [0.2, 0.25) is 0 Å². The molecule has 102 valence electrons. The number of hydrogen-bond donors (Lipinski definition) is 2. The second-order valence-electron chi connectivity index (χ2n) is 4.57. The van der Waals surface area contributed by atoms with Crippen molar-refractivity contribution >= 4 is 17.5 Å². The fourth-order valence-electron chi connectivity index (χ4n) is 2.30. The van der Waals surface area contributed by atoms with E-state index in [4.69, 9.17) is 16.2 Å². The van der Waals surface area contributed by atoms with E-state index >= 15 is 0 Å². The van der Waals surface area contributed by atoms with Crippen LogP contribution in [0.25, 0.3) is 0 Å². The quantitative estimate of drug-likeness (QED) is 0.762. The summed E-state index contributed by atoms with van der Waals surface area (Å²) in [6.45, 7) is 0.872. The lowest BCUT2D eigenvalue weighted by Gasteiger charge is -2.18. The fourth-order valence-corrected chi connectivity index (χ4v) is 2.30. The Morgan fingerprint density at radius 1 is 1.42 bits per heavy atom. The minimum atomic E-state index is -0.366. The number of likely N-dealkylation sites (tertiary alicyclic amines) is 1. The molecule has 0 bridgehead atoms. The van der Waals surface area contributed by atoms with Crippen molar-refractivity contribution in [3.8, 4) is 5.75 Å². The van der Waals surface area contributed by atoms with E-state index in [2.05, 4.69) is 0 Å². The van der Waals surface area contributed by atoms with Gasteiger partial charge in [-0.15, -0.1) is 0 Å². The van der Waals surface area contributed by atoms with E-state index in [0.717, 1.165) is 0 Å². The van der Waals surface area contributed by atoms with Gasteiger partial charge in [-0.05, 0) is 18.6 Å². The molecular formula is C13H17N3O3. The third kappa shape index (κ3) is 2.47. The van der Waals surface area contributed by atoms with Crippen LogP contribution in [-0.2, 0) is 4.79 Å². The predicted octanol–water partition coefficient (Wildman–Crippen LogP) is 0.225. The van der Waals surface area contributed by atoms with Crippen molar-refractivity contribution in [1.82, 2.24) is 4.90 Å². The van der Waals surface area contributed by atoms with Crippen LogP contribution in [0.3, 0.4) is 0 Å². The lowest BCUT2D eigenvalue weighted by atomic mass is 10.1. The molecule has 1 aliphatic heterocycles. The maximum absolute atomic E-state index is 12.4. The molecule has 0 aliphatic carbocycles. The normalized spacial score (nSPS) is 18.4. The number of amides is 2. The zero-order valence-electron chi connectivity index (χ0n) is 10.8. The van der Waals surface area contributed by atoms with Crippen molar-refractivity contribution in [3.63, 3.8) is 0 Å². The Balaban J connectivity index is 2.22. The average Bonchev–Trinajstić information content (AvgIpc) is 2.87. The molecule has 19 heavy (non-hydrogen) atoms.